The molecule has 158 valence electrons. The van der Waals surface area contributed by atoms with Gasteiger partial charge in [-0.3, -0.25) is 4.79 Å². The number of piperidine rings is 1. The van der Waals surface area contributed by atoms with Crippen LogP contribution in [0.25, 0.3) is 0 Å². The molecule has 2 nitrogen and oxygen atoms in total. The van der Waals surface area contributed by atoms with Gasteiger partial charge in [-0.05, 0) is 86.1 Å². The SMILES string of the molecule is O=C(C[C@@H]1CCNC[C@@H]1F)C12CC3C[C@@](CCCl)(C1)C[C@](c1ccccc1)(C3)C2. The van der Waals surface area contributed by atoms with Gasteiger partial charge in [0.15, 0.2) is 0 Å². The van der Waals surface area contributed by atoms with Crippen molar-refractivity contribution < 1.29 is 9.18 Å². The molecule has 1 aliphatic heterocycles. The molecule has 4 aliphatic carbocycles. The van der Waals surface area contributed by atoms with Crippen LogP contribution in [0.15, 0.2) is 30.3 Å². The predicted molar refractivity (Wildman–Crippen MR) is 115 cm³/mol. The van der Waals surface area contributed by atoms with Crippen LogP contribution in [0.3, 0.4) is 0 Å². The van der Waals surface area contributed by atoms with Crippen LogP contribution in [-0.2, 0) is 10.2 Å². The molecule has 1 aromatic rings. The molecule has 4 heteroatoms. The number of ketones is 1. The molecule has 1 heterocycles. The fourth-order valence-electron chi connectivity index (χ4n) is 8.10. The maximum atomic E-state index is 14.5. The highest BCUT2D eigenvalue weighted by atomic mass is 35.5. The normalized spacial score (nSPS) is 43.4. The van der Waals surface area contributed by atoms with E-state index in [1.165, 1.54) is 24.8 Å². The van der Waals surface area contributed by atoms with Crippen LogP contribution in [0, 0.1) is 22.7 Å². The summed E-state index contributed by atoms with van der Waals surface area (Å²) in [7, 11) is 0. The molecule has 0 aromatic heterocycles. The molecule has 0 radical (unpaired) electrons. The Kier molecular flexibility index (Phi) is 5.06. The largest absolute Gasteiger partial charge is 0.314 e. The standard InChI is InChI=1S/C25H33ClFNO/c26-8-7-23-11-18-12-24(15-23,20-4-2-1-3-5-20)17-25(13-18,16-23)22(29)10-19-6-9-28-14-21(19)27/h1-5,18-19,21,28H,6-17H2/t18?,19-,21-,23+,24+,25?/m0/s1. The first kappa shape index (κ1) is 20.0. The molecular formula is C25H33ClFNO. The maximum absolute atomic E-state index is 14.5. The highest BCUT2D eigenvalue weighted by Crippen LogP contribution is 2.71. The summed E-state index contributed by atoms with van der Waals surface area (Å²) in [5.74, 6) is 1.53. The van der Waals surface area contributed by atoms with Gasteiger partial charge in [-0.1, -0.05) is 30.3 Å². The lowest BCUT2D eigenvalue weighted by molar-refractivity contribution is -0.162. The summed E-state index contributed by atoms with van der Waals surface area (Å²) in [6.45, 7) is 1.23. The molecule has 1 saturated heterocycles. The monoisotopic (exact) mass is 417 g/mol. The summed E-state index contributed by atoms with van der Waals surface area (Å²) in [6.07, 6.45) is 7.89. The summed E-state index contributed by atoms with van der Waals surface area (Å²) >= 11 is 6.29. The Bertz CT molecular complexity index is 771. The number of alkyl halides is 2. The van der Waals surface area contributed by atoms with E-state index in [1.54, 1.807) is 0 Å². The summed E-state index contributed by atoms with van der Waals surface area (Å²) in [6, 6.07) is 10.9. The Morgan fingerprint density at radius 1 is 1.14 bits per heavy atom. The summed E-state index contributed by atoms with van der Waals surface area (Å²) in [4.78, 5) is 13.8. The van der Waals surface area contributed by atoms with Gasteiger partial charge in [-0.15, -0.1) is 11.6 Å². The summed E-state index contributed by atoms with van der Waals surface area (Å²) in [5.41, 5.74) is 1.44. The second-order valence-corrected chi connectivity index (χ2v) is 11.1. The van der Waals surface area contributed by atoms with Crippen molar-refractivity contribution in [1.29, 1.82) is 0 Å². The van der Waals surface area contributed by atoms with E-state index in [4.69, 9.17) is 11.6 Å². The Labute approximate surface area is 179 Å². The number of Topliss-reactive ketones (excluding diaryl/α,β-unsaturated/α-hetero) is 1. The summed E-state index contributed by atoms with van der Waals surface area (Å²) in [5, 5.41) is 3.12. The van der Waals surface area contributed by atoms with E-state index in [2.05, 4.69) is 35.6 Å². The van der Waals surface area contributed by atoms with Crippen LogP contribution in [0.1, 0.15) is 63.4 Å². The lowest BCUT2D eigenvalue weighted by Crippen LogP contribution is -2.61. The minimum absolute atomic E-state index is 0.103. The molecule has 0 spiro atoms. The van der Waals surface area contributed by atoms with Crippen molar-refractivity contribution in [2.24, 2.45) is 22.7 Å². The van der Waals surface area contributed by atoms with Crippen molar-refractivity contribution in [2.45, 2.75) is 69.4 Å². The van der Waals surface area contributed by atoms with Crippen molar-refractivity contribution in [3.8, 4) is 0 Å². The average Bonchev–Trinajstić information content (AvgIpc) is 2.69. The smallest absolute Gasteiger partial charge is 0.139 e. The zero-order valence-corrected chi connectivity index (χ0v) is 18.0. The van der Waals surface area contributed by atoms with Crippen LogP contribution in [-0.4, -0.2) is 30.9 Å². The zero-order valence-electron chi connectivity index (χ0n) is 17.3. The van der Waals surface area contributed by atoms with Gasteiger partial charge in [0.25, 0.3) is 0 Å². The highest BCUT2D eigenvalue weighted by molar-refractivity contribution is 6.17. The van der Waals surface area contributed by atoms with Gasteiger partial charge in [0.05, 0.1) is 0 Å². The second-order valence-electron chi connectivity index (χ2n) is 10.8. The number of halogens is 2. The Morgan fingerprint density at radius 2 is 1.97 bits per heavy atom. The lowest BCUT2D eigenvalue weighted by atomic mass is 9.37. The topological polar surface area (TPSA) is 29.1 Å². The van der Waals surface area contributed by atoms with Crippen molar-refractivity contribution in [2.75, 3.05) is 19.0 Å². The number of nitrogens with one attached hydrogen (secondary N) is 1. The van der Waals surface area contributed by atoms with Crippen LogP contribution >= 0.6 is 11.6 Å². The van der Waals surface area contributed by atoms with Crippen LogP contribution in [0.4, 0.5) is 4.39 Å². The van der Waals surface area contributed by atoms with Gasteiger partial charge in [-0.25, -0.2) is 4.39 Å². The zero-order chi connectivity index (χ0) is 20.1. The van der Waals surface area contributed by atoms with Crippen molar-refractivity contribution in [1.82, 2.24) is 5.32 Å². The quantitative estimate of drug-likeness (QED) is 0.625. The molecule has 4 saturated carbocycles. The fourth-order valence-corrected chi connectivity index (χ4v) is 8.50. The molecule has 29 heavy (non-hydrogen) atoms. The van der Waals surface area contributed by atoms with Gasteiger partial charge in [0, 0.05) is 24.3 Å². The predicted octanol–water partition coefficient (Wildman–Crippen LogP) is 5.43. The van der Waals surface area contributed by atoms with Gasteiger partial charge >= 0.3 is 0 Å². The number of benzene rings is 1. The van der Waals surface area contributed by atoms with Crippen LogP contribution in [0.2, 0.25) is 0 Å². The Balaban J connectivity index is 1.48. The van der Waals surface area contributed by atoms with E-state index >= 15 is 0 Å². The molecule has 6 rings (SSSR count). The first-order valence-electron chi connectivity index (χ1n) is 11.5. The molecule has 1 N–H and O–H groups in total. The number of rotatable bonds is 6. The van der Waals surface area contributed by atoms with Gasteiger partial charge in [0.2, 0.25) is 0 Å². The van der Waals surface area contributed by atoms with Gasteiger partial charge in [-0.2, -0.15) is 0 Å². The fraction of sp³-hybridized carbons (Fsp3) is 0.720. The van der Waals surface area contributed by atoms with E-state index in [0.29, 0.717) is 30.5 Å². The molecule has 2 unspecified atom stereocenters. The maximum Gasteiger partial charge on any atom is 0.139 e. The average molecular weight is 418 g/mol. The minimum atomic E-state index is -0.888. The third kappa shape index (κ3) is 3.37. The Morgan fingerprint density at radius 3 is 2.72 bits per heavy atom. The third-order valence-corrected chi connectivity index (χ3v) is 8.97. The van der Waals surface area contributed by atoms with Gasteiger partial charge in [0.1, 0.15) is 12.0 Å². The van der Waals surface area contributed by atoms with E-state index in [-0.39, 0.29) is 22.2 Å². The van der Waals surface area contributed by atoms with Crippen LogP contribution in [0.5, 0.6) is 0 Å². The number of carbonyl (C=O) groups excluding carboxylic acids is 1. The number of hydrogen-bond donors (Lipinski definition) is 1. The van der Waals surface area contributed by atoms with Crippen molar-refractivity contribution in [3.05, 3.63) is 35.9 Å². The first-order chi connectivity index (χ1) is 14.0. The van der Waals surface area contributed by atoms with E-state index in [0.717, 1.165) is 38.6 Å². The molecule has 5 aliphatic rings. The first-order valence-corrected chi connectivity index (χ1v) is 12.0. The lowest BCUT2D eigenvalue weighted by Gasteiger charge is -2.66. The number of hydrogen-bond acceptors (Lipinski definition) is 2. The minimum Gasteiger partial charge on any atom is -0.314 e. The van der Waals surface area contributed by atoms with Gasteiger partial charge < -0.3 is 5.32 Å². The van der Waals surface area contributed by atoms with E-state index in [1.807, 2.05) is 0 Å². The number of carbonyl (C=O) groups is 1. The highest BCUT2D eigenvalue weighted by Gasteiger charge is 2.65. The van der Waals surface area contributed by atoms with Crippen LogP contribution < -0.4 is 5.32 Å². The summed E-state index contributed by atoms with van der Waals surface area (Å²) < 4.78 is 14.5. The molecule has 4 bridgehead atoms. The molecule has 1 aromatic carbocycles. The molecule has 5 fully saturated rings. The molecular weight excluding hydrogens is 385 g/mol. The second kappa shape index (κ2) is 7.34. The van der Waals surface area contributed by atoms with E-state index < -0.39 is 6.17 Å². The van der Waals surface area contributed by atoms with E-state index in [9.17, 15) is 9.18 Å². The molecule has 0 amide bonds. The molecule has 6 atom stereocenters. The van der Waals surface area contributed by atoms with Crippen molar-refractivity contribution >= 4 is 17.4 Å². The third-order valence-electron chi connectivity index (χ3n) is 8.78. The Hall–Kier alpha value is -0.930. The van der Waals surface area contributed by atoms with Crippen molar-refractivity contribution in [3.63, 3.8) is 0 Å².